The molecular formula is C11H19N5O. The van der Waals surface area contributed by atoms with Crippen LogP contribution in [0.3, 0.4) is 0 Å². The second-order valence-electron chi connectivity index (χ2n) is 4.18. The van der Waals surface area contributed by atoms with Crippen molar-refractivity contribution in [3.63, 3.8) is 0 Å². The van der Waals surface area contributed by atoms with Gasteiger partial charge in [-0.05, 0) is 27.7 Å². The van der Waals surface area contributed by atoms with Crippen molar-refractivity contribution in [2.24, 2.45) is 9.98 Å². The number of carbonyl (C=O) groups excluding carboxylic acids is 1. The maximum atomic E-state index is 12.2. The highest BCUT2D eigenvalue weighted by molar-refractivity contribution is 5.86. The minimum absolute atomic E-state index is 0.0760. The number of hydrogen-bond acceptors (Lipinski definition) is 5. The van der Waals surface area contributed by atoms with Crippen molar-refractivity contribution in [2.45, 2.75) is 19.1 Å². The fourth-order valence-corrected chi connectivity index (χ4v) is 1.60. The lowest BCUT2D eigenvalue weighted by Gasteiger charge is -2.26. The van der Waals surface area contributed by atoms with Crippen molar-refractivity contribution in [1.29, 1.82) is 0 Å². The molecule has 0 aromatic carbocycles. The van der Waals surface area contributed by atoms with Gasteiger partial charge in [0.2, 0.25) is 0 Å². The van der Waals surface area contributed by atoms with E-state index in [1.54, 1.807) is 26.5 Å². The summed E-state index contributed by atoms with van der Waals surface area (Å²) in [6.07, 6.45) is 3.12. The summed E-state index contributed by atoms with van der Waals surface area (Å²) < 4.78 is 0. The summed E-state index contributed by atoms with van der Waals surface area (Å²) in [5, 5.41) is 3.04. The highest BCUT2D eigenvalue weighted by Gasteiger charge is 2.33. The average molecular weight is 237 g/mol. The van der Waals surface area contributed by atoms with Gasteiger partial charge in [-0.15, -0.1) is 0 Å². The molecule has 1 heterocycles. The molecule has 2 atom stereocenters. The van der Waals surface area contributed by atoms with Crippen LogP contribution in [0.5, 0.6) is 0 Å². The maximum Gasteiger partial charge on any atom is 0.254 e. The first kappa shape index (κ1) is 13.4. The highest BCUT2D eigenvalue weighted by Crippen LogP contribution is 2.10. The zero-order chi connectivity index (χ0) is 13.0. The molecule has 1 N–H and O–H groups in total. The quantitative estimate of drug-likeness (QED) is 0.694. The van der Waals surface area contributed by atoms with E-state index in [0.717, 1.165) is 0 Å². The molecule has 6 nitrogen and oxygen atoms in total. The maximum absolute atomic E-state index is 12.2. The molecule has 1 aliphatic heterocycles. The monoisotopic (exact) mass is 237 g/mol. The molecule has 0 bridgehead atoms. The van der Waals surface area contributed by atoms with Gasteiger partial charge in [-0.3, -0.25) is 19.7 Å². The average Bonchev–Trinajstić information content (AvgIpc) is 2.76. The van der Waals surface area contributed by atoms with Crippen molar-refractivity contribution in [3.05, 3.63) is 11.9 Å². The molecule has 6 heteroatoms. The van der Waals surface area contributed by atoms with Crippen LogP contribution in [-0.4, -0.2) is 62.1 Å². The summed E-state index contributed by atoms with van der Waals surface area (Å²) in [6, 6.07) is -0.427. The molecule has 1 amide bonds. The molecule has 2 unspecified atom stereocenters. The first-order valence-corrected chi connectivity index (χ1v) is 5.33. The van der Waals surface area contributed by atoms with Crippen molar-refractivity contribution in [3.8, 4) is 0 Å². The Hall–Kier alpha value is -1.69. The molecule has 1 aliphatic rings. The number of carbonyl (C=O) groups is 1. The van der Waals surface area contributed by atoms with Crippen LogP contribution in [-0.2, 0) is 4.79 Å². The number of hydrogen-bond donors (Lipinski definition) is 1. The summed E-state index contributed by atoms with van der Waals surface area (Å²) in [5.74, 6) is -0.0760. The topological polar surface area (TPSA) is 60.3 Å². The van der Waals surface area contributed by atoms with Crippen molar-refractivity contribution in [2.75, 3.05) is 21.1 Å². The Kier molecular flexibility index (Phi) is 4.39. The van der Waals surface area contributed by atoms with E-state index in [9.17, 15) is 4.79 Å². The summed E-state index contributed by atoms with van der Waals surface area (Å²) in [7, 11) is 5.50. The second-order valence-corrected chi connectivity index (χ2v) is 4.18. The minimum Gasteiger partial charge on any atom is -0.359 e. The highest BCUT2D eigenvalue weighted by atomic mass is 16.2. The van der Waals surface area contributed by atoms with Crippen LogP contribution in [0.4, 0.5) is 0 Å². The van der Waals surface area contributed by atoms with Gasteiger partial charge >= 0.3 is 0 Å². The third-order valence-electron chi connectivity index (χ3n) is 2.57. The Morgan fingerprint density at radius 3 is 2.71 bits per heavy atom. The first-order valence-electron chi connectivity index (χ1n) is 5.33. The SMILES string of the molecule is C=N/C(C)=C\N(C)C(=O)C1N=CNC1N(C)C. The summed E-state index contributed by atoms with van der Waals surface area (Å²) in [5.41, 5.74) is 0.692. The third kappa shape index (κ3) is 3.13. The lowest BCUT2D eigenvalue weighted by molar-refractivity contribution is -0.130. The van der Waals surface area contributed by atoms with Gasteiger partial charge in [-0.2, -0.15) is 0 Å². The fourth-order valence-electron chi connectivity index (χ4n) is 1.60. The first-order chi connectivity index (χ1) is 7.97. The molecule has 0 saturated heterocycles. The van der Waals surface area contributed by atoms with Gasteiger partial charge in [0.25, 0.3) is 5.91 Å². The van der Waals surface area contributed by atoms with Gasteiger partial charge in [0.1, 0.15) is 6.17 Å². The van der Waals surface area contributed by atoms with Crippen molar-refractivity contribution in [1.82, 2.24) is 15.1 Å². The van der Waals surface area contributed by atoms with Gasteiger partial charge in [-0.25, -0.2) is 0 Å². The summed E-state index contributed by atoms with van der Waals surface area (Å²) >= 11 is 0. The molecule has 17 heavy (non-hydrogen) atoms. The van der Waals surface area contributed by atoms with E-state index in [4.69, 9.17) is 0 Å². The molecule has 0 fully saturated rings. The van der Waals surface area contributed by atoms with E-state index in [0.29, 0.717) is 5.70 Å². The number of amides is 1. The Labute approximate surface area is 102 Å². The zero-order valence-electron chi connectivity index (χ0n) is 10.7. The van der Waals surface area contributed by atoms with E-state index in [-0.39, 0.29) is 12.1 Å². The van der Waals surface area contributed by atoms with Gasteiger partial charge in [0, 0.05) is 13.2 Å². The fraction of sp³-hybridized carbons (Fsp3) is 0.545. The van der Waals surface area contributed by atoms with Crippen LogP contribution >= 0.6 is 0 Å². The van der Waals surface area contributed by atoms with Gasteiger partial charge in [0.05, 0.1) is 12.0 Å². The zero-order valence-corrected chi connectivity index (χ0v) is 10.7. The molecule has 0 saturated carbocycles. The number of likely N-dealkylation sites (N-methyl/N-ethyl adjacent to an activating group) is 2. The molecule has 0 spiro atoms. The largest absolute Gasteiger partial charge is 0.359 e. The number of aliphatic imine (C=N–C) groups is 2. The molecule has 0 radical (unpaired) electrons. The summed E-state index contributed by atoms with van der Waals surface area (Å²) in [6.45, 7) is 5.20. The summed E-state index contributed by atoms with van der Waals surface area (Å²) in [4.78, 5) is 23.5. The van der Waals surface area contributed by atoms with E-state index < -0.39 is 6.04 Å². The molecule has 1 rings (SSSR count). The van der Waals surface area contributed by atoms with Gasteiger partial charge < -0.3 is 10.2 Å². The lowest BCUT2D eigenvalue weighted by Crippen LogP contribution is -2.50. The Morgan fingerprint density at radius 1 is 1.53 bits per heavy atom. The Morgan fingerprint density at radius 2 is 2.18 bits per heavy atom. The molecule has 0 aliphatic carbocycles. The predicted octanol–water partition coefficient (Wildman–Crippen LogP) is -0.105. The van der Waals surface area contributed by atoms with E-state index >= 15 is 0 Å². The van der Waals surface area contributed by atoms with Crippen LogP contribution in [0.1, 0.15) is 6.92 Å². The van der Waals surface area contributed by atoms with E-state index in [2.05, 4.69) is 22.0 Å². The standard InChI is InChI=1S/C11H19N5O/c1-8(12-2)6-16(5)11(17)9-10(15(3)4)14-7-13-9/h6-7,9-10H,2H2,1,3-5H3,(H,13,14)/b8-6-. The van der Waals surface area contributed by atoms with Crippen molar-refractivity contribution >= 4 is 19.0 Å². The van der Waals surface area contributed by atoms with Crippen LogP contribution in [0.15, 0.2) is 21.9 Å². The number of rotatable bonds is 4. The van der Waals surface area contributed by atoms with E-state index in [1.807, 2.05) is 19.0 Å². The van der Waals surface area contributed by atoms with E-state index in [1.165, 1.54) is 4.90 Å². The molecule has 0 aromatic heterocycles. The van der Waals surface area contributed by atoms with Crippen molar-refractivity contribution < 1.29 is 4.79 Å². The minimum atomic E-state index is -0.427. The van der Waals surface area contributed by atoms with Gasteiger partial charge in [0.15, 0.2) is 6.04 Å². The third-order valence-corrected chi connectivity index (χ3v) is 2.57. The number of nitrogens with zero attached hydrogens (tertiary/aromatic N) is 4. The van der Waals surface area contributed by atoms with Gasteiger partial charge in [-0.1, -0.05) is 0 Å². The lowest BCUT2D eigenvalue weighted by atomic mass is 10.2. The molecule has 0 aromatic rings. The van der Waals surface area contributed by atoms with Crippen LogP contribution in [0.2, 0.25) is 0 Å². The normalized spacial score (nSPS) is 23.7. The van der Waals surface area contributed by atoms with Crippen LogP contribution < -0.4 is 5.32 Å². The molecular weight excluding hydrogens is 218 g/mol. The number of nitrogens with one attached hydrogen (secondary N) is 1. The van der Waals surface area contributed by atoms with Crippen LogP contribution in [0.25, 0.3) is 0 Å². The Bertz CT molecular complexity index is 361. The van der Waals surface area contributed by atoms with Crippen LogP contribution in [0, 0.1) is 0 Å². The smallest absolute Gasteiger partial charge is 0.254 e. The number of allylic oxidation sites excluding steroid dienone is 1. The molecule has 94 valence electrons. The Balaban J connectivity index is 2.76. The predicted molar refractivity (Wildman–Crippen MR) is 69.0 cm³/mol. The second kappa shape index (κ2) is 5.58.